The van der Waals surface area contributed by atoms with Crippen molar-refractivity contribution in [3.8, 4) is 0 Å². The van der Waals surface area contributed by atoms with Crippen molar-refractivity contribution in [1.82, 2.24) is 4.90 Å². The lowest BCUT2D eigenvalue weighted by Crippen LogP contribution is -2.40. The Bertz CT molecular complexity index is 389. The highest BCUT2D eigenvalue weighted by atomic mass is 19.1. The number of carbonyl (C=O) groups is 1. The fourth-order valence-corrected chi connectivity index (χ4v) is 1.91. The summed E-state index contributed by atoms with van der Waals surface area (Å²) < 4.78 is 18.1. The van der Waals surface area contributed by atoms with E-state index in [-0.39, 0.29) is 11.7 Å². The third kappa shape index (κ3) is 3.53. The Morgan fingerprint density at radius 2 is 2.12 bits per heavy atom. The van der Waals surface area contributed by atoms with Gasteiger partial charge in [0.05, 0.1) is 13.2 Å². The molecule has 1 amide bonds. The molecular formula is C13H16FNO2. The Morgan fingerprint density at radius 3 is 2.82 bits per heavy atom. The standard InChI is InChI=1S/C13H16FNO2/c14-12-3-1-2-11(10-12)4-5-13(16)15-6-8-17-9-7-15/h1-3,10H,4-9H2. The molecule has 1 aromatic rings. The van der Waals surface area contributed by atoms with E-state index in [0.717, 1.165) is 5.56 Å². The predicted molar refractivity (Wildman–Crippen MR) is 62.1 cm³/mol. The van der Waals surface area contributed by atoms with Gasteiger partial charge < -0.3 is 9.64 Å². The van der Waals surface area contributed by atoms with Crippen LogP contribution in [0.5, 0.6) is 0 Å². The number of halogens is 1. The molecule has 4 heteroatoms. The van der Waals surface area contributed by atoms with Crippen molar-refractivity contribution >= 4 is 5.91 Å². The summed E-state index contributed by atoms with van der Waals surface area (Å²) in [5.74, 6) is -0.126. The van der Waals surface area contributed by atoms with Gasteiger partial charge in [0.15, 0.2) is 0 Å². The first-order valence-corrected chi connectivity index (χ1v) is 5.85. The van der Waals surface area contributed by atoms with Crippen LogP contribution in [-0.2, 0) is 16.0 Å². The fourth-order valence-electron chi connectivity index (χ4n) is 1.91. The SMILES string of the molecule is O=C(CCc1cccc(F)c1)N1CCOCC1. The molecule has 0 aliphatic carbocycles. The summed E-state index contributed by atoms with van der Waals surface area (Å²) in [7, 11) is 0. The monoisotopic (exact) mass is 237 g/mol. The van der Waals surface area contributed by atoms with Crippen LogP contribution in [0, 0.1) is 5.82 Å². The van der Waals surface area contributed by atoms with Crippen molar-refractivity contribution in [3.63, 3.8) is 0 Å². The molecule has 1 saturated heterocycles. The zero-order valence-corrected chi connectivity index (χ0v) is 9.69. The van der Waals surface area contributed by atoms with E-state index < -0.39 is 0 Å². The molecule has 0 N–H and O–H groups in total. The minimum atomic E-state index is -0.249. The zero-order chi connectivity index (χ0) is 12.1. The molecule has 0 radical (unpaired) electrons. The van der Waals surface area contributed by atoms with Gasteiger partial charge in [-0.3, -0.25) is 4.79 Å². The minimum absolute atomic E-state index is 0.123. The first kappa shape index (κ1) is 12.0. The molecule has 1 fully saturated rings. The quantitative estimate of drug-likeness (QED) is 0.799. The smallest absolute Gasteiger partial charge is 0.223 e. The normalized spacial score (nSPS) is 15.9. The number of hydrogen-bond donors (Lipinski definition) is 0. The summed E-state index contributed by atoms with van der Waals surface area (Å²) in [5.41, 5.74) is 0.867. The Hall–Kier alpha value is -1.42. The summed E-state index contributed by atoms with van der Waals surface area (Å²) in [6.07, 6.45) is 1.03. The number of ether oxygens (including phenoxy) is 1. The van der Waals surface area contributed by atoms with Crippen molar-refractivity contribution in [3.05, 3.63) is 35.6 Å². The minimum Gasteiger partial charge on any atom is -0.378 e. The molecule has 1 aliphatic heterocycles. The van der Waals surface area contributed by atoms with E-state index in [4.69, 9.17) is 4.74 Å². The molecule has 0 saturated carbocycles. The van der Waals surface area contributed by atoms with Crippen LogP contribution in [0.1, 0.15) is 12.0 Å². The second-order valence-electron chi connectivity index (χ2n) is 4.12. The van der Waals surface area contributed by atoms with Gasteiger partial charge in [0.1, 0.15) is 5.82 Å². The predicted octanol–water partition coefficient (Wildman–Crippen LogP) is 1.62. The maximum Gasteiger partial charge on any atom is 0.223 e. The van der Waals surface area contributed by atoms with Crippen molar-refractivity contribution in [2.45, 2.75) is 12.8 Å². The van der Waals surface area contributed by atoms with Gasteiger partial charge in [-0.1, -0.05) is 12.1 Å². The summed E-state index contributed by atoms with van der Waals surface area (Å²) in [6, 6.07) is 6.40. The van der Waals surface area contributed by atoms with Gasteiger partial charge in [0, 0.05) is 19.5 Å². The summed E-state index contributed by atoms with van der Waals surface area (Å²) >= 11 is 0. The van der Waals surface area contributed by atoms with Crippen molar-refractivity contribution in [2.75, 3.05) is 26.3 Å². The number of morpholine rings is 1. The number of benzene rings is 1. The Balaban J connectivity index is 1.83. The molecule has 92 valence electrons. The number of nitrogens with zero attached hydrogens (tertiary/aromatic N) is 1. The Labute approximate surface area is 100 Å². The van der Waals surface area contributed by atoms with Crippen LogP contribution in [0.15, 0.2) is 24.3 Å². The summed E-state index contributed by atoms with van der Waals surface area (Å²) in [4.78, 5) is 13.6. The molecule has 2 rings (SSSR count). The van der Waals surface area contributed by atoms with Crippen LogP contribution >= 0.6 is 0 Å². The Morgan fingerprint density at radius 1 is 1.35 bits per heavy atom. The molecule has 0 unspecified atom stereocenters. The average Bonchev–Trinajstić information content (AvgIpc) is 2.37. The van der Waals surface area contributed by atoms with E-state index in [0.29, 0.717) is 39.1 Å². The Kier molecular flexibility index (Phi) is 4.09. The molecule has 0 spiro atoms. The van der Waals surface area contributed by atoms with Crippen LogP contribution in [0.2, 0.25) is 0 Å². The van der Waals surface area contributed by atoms with Crippen LogP contribution < -0.4 is 0 Å². The van der Waals surface area contributed by atoms with Gasteiger partial charge in [-0.05, 0) is 24.1 Å². The lowest BCUT2D eigenvalue weighted by molar-refractivity contribution is -0.135. The lowest BCUT2D eigenvalue weighted by atomic mass is 10.1. The van der Waals surface area contributed by atoms with E-state index in [1.807, 2.05) is 11.0 Å². The van der Waals surface area contributed by atoms with Crippen LogP contribution in [0.3, 0.4) is 0 Å². The number of amides is 1. The molecule has 3 nitrogen and oxygen atoms in total. The molecule has 0 aromatic heterocycles. The van der Waals surface area contributed by atoms with Gasteiger partial charge in [-0.25, -0.2) is 4.39 Å². The van der Waals surface area contributed by atoms with Gasteiger partial charge in [0.25, 0.3) is 0 Å². The maximum atomic E-state index is 12.9. The molecular weight excluding hydrogens is 221 g/mol. The molecule has 0 bridgehead atoms. The lowest BCUT2D eigenvalue weighted by Gasteiger charge is -2.26. The van der Waals surface area contributed by atoms with Gasteiger partial charge in [0.2, 0.25) is 5.91 Å². The summed E-state index contributed by atoms with van der Waals surface area (Å²) in [5, 5.41) is 0. The molecule has 1 aromatic carbocycles. The second-order valence-corrected chi connectivity index (χ2v) is 4.12. The van der Waals surface area contributed by atoms with Crippen molar-refractivity contribution < 1.29 is 13.9 Å². The van der Waals surface area contributed by atoms with Gasteiger partial charge in [-0.2, -0.15) is 0 Å². The summed E-state index contributed by atoms with van der Waals surface area (Å²) in [6.45, 7) is 2.57. The van der Waals surface area contributed by atoms with E-state index in [1.165, 1.54) is 12.1 Å². The molecule has 0 atom stereocenters. The zero-order valence-electron chi connectivity index (χ0n) is 9.69. The number of aryl methyl sites for hydroxylation is 1. The second kappa shape index (κ2) is 5.77. The largest absolute Gasteiger partial charge is 0.378 e. The highest BCUT2D eigenvalue weighted by molar-refractivity contribution is 5.76. The fraction of sp³-hybridized carbons (Fsp3) is 0.462. The average molecular weight is 237 g/mol. The highest BCUT2D eigenvalue weighted by Crippen LogP contribution is 2.08. The van der Waals surface area contributed by atoms with E-state index in [9.17, 15) is 9.18 Å². The topological polar surface area (TPSA) is 29.5 Å². The molecule has 17 heavy (non-hydrogen) atoms. The van der Waals surface area contributed by atoms with E-state index >= 15 is 0 Å². The van der Waals surface area contributed by atoms with Gasteiger partial charge in [-0.15, -0.1) is 0 Å². The first-order valence-electron chi connectivity index (χ1n) is 5.85. The van der Waals surface area contributed by atoms with E-state index in [2.05, 4.69) is 0 Å². The van der Waals surface area contributed by atoms with E-state index in [1.54, 1.807) is 6.07 Å². The first-order chi connectivity index (χ1) is 8.25. The highest BCUT2D eigenvalue weighted by Gasteiger charge is 2.16. The number of carbonyl (C=O) groups excluding carboxylic acids is 1. The third-order valence-electron chi connectivity index (χ3n) is 2.88. The number of rotatable bonds is 3. The van der Waals surface area contributed by atoms with Crippen LogP contribution in [-0.4, -0.2) is 37.1 Å². The van der Waals surface area contributed by atoms with Crippen molar-refractivity contribution in [1.29, 1.82) is 0 Å². The van der Waals surface area contributed by atoms with Crippen LogP contribution in [0.25, 0.3) is 0 Å². The molecule has 1 aliphatic rings. The number of hydrogen-bond acceptors (Lipinski definition) is 2. The van der Waals surface area contributed by atoms with Crippen LogP contribution in [0.4, 0.5) is 4.39 Å². The third-order valence-corrected chi connectivity index (χ3v) is 2.88. The van der Waals surface area contributed by atoms with Crippen molar-refractivity contribution in [2.24, 2.45) is 0 Å². The molecule has 1 heterocycles. The van der Waals surface area contributed by atoms with Gasteiger partial charge >= 0.3 is 0 Å². The maximum absolute atomic E-state index is 12.9.